The molecular formula is C11H14BrN. The zero-order valence-corrected chi connectivity index (χ0v) is 9.34. The maximum Gasteiger partial charge on any atom is 0.0220 e. The van der Waals surface area contributed by atoms with Gasteiger partial charge in [-0.1, -0.05) is 41.1 Å². The molecule has 0 spiro atoms. The predicted molar refractivity (Wildman–Crippen MR) is 58.6 cm³/mol. The summed E-state index contributed by atoms with van der Waals surface area (Å²) < 4.78 is 1.20. The molecule has 0 aromatic heterocycles. The molecule has 1 aromatic carbocycles. The first-order valence-electron chi connectivity index (χ1n) is 4.74. The first-order valence-corrected chi connectivity index (χ1v) is 5.53. The second kappa shape index (κ2) is 3.81. The van der Waals surface area contributed by atoms with Crippen molar-refractivity contribution in [3.05, 3.63) is 34.3 Å². The highest BCUT2D eigenvalue weighted by atomic mass is 79.9. The number of nitrogens with one attached hydrogen (secondary N) is 1. The molecule has 1 nitrogen and oxygen atoms in total. The lowest BCUT2D eigenvalue weighted by Gasteiger charge is -2.05. The van der Waals surface area contributed by atoms with Gasteiger partial charge in [-0.2, -0.15) is 0 Å². The molecule has 0 saturated heterocycles. The number of benzene rings is 1. The maximum atomic E-state index is 3.54. The Balaban J connectivity index is 1.90. The summed E-state index contributed by atoms with van der Waals surface area (Å²) in [5.41, 5.74) is 1.35. The van der Waals surface area contributed by atoms with E-state index in [1.807, 2.05) is 6.07 Å². The van der Waals surface area contributed by atoms with Crippen molar-refractivity contribution in [2.45, 2.75) is 25.9 Å². The molecule has 0 radical (unpaired) electrons. The standard InChI is InChI=1S/C11H14BrN/c1-8-6-11(8)13-7-9-4-2-3-5-10(9)12/h2-5,8,11,13H,6-7H2,1H3. The molecule has 70 valence electrons. The highest BCUT2D eigenvalue weighted by molar-refractivity contribution is 9.10. The monoisotopic (exact) mass is 239 g/mol. The summed E-state index contributed by atoms with van der Waals surface area (Å²) in [6.45, 7) is 3.27. The summed E-state index contributed by atoms with van der Waals surface area (Å²) in [4.78, 5) is 0. The van der Waals surface area contributed by atoms with Gasteiger partial charge in [0.25, 0.3) is 0 Å². The summed E-state index contributed by atoms with van der Waals surface area (Å²) in [6.07, 6.45) is 1.34. The van der Waals surface area contributed by atoms with Gasteiger partial charge in [0.1, 0.15) is 0 Å². The van der Waals surface area contributed by atoms with Crippen LogP contribution >= 0.6 is 15.9 Å². The van der Waals surface area contributed by atoms with Gasteiger partial charge in [0.05, 0.1) is 0 Å². The second-order valence-electron chi connectivity index (χ2n) is 3.79. The molecule has 0 amide bonds. The van der Waals surface area contributed by atoms with Crippen LogP contribution < -0.4 is 5.32 Å². The van der Waals surface area contributed by atoms with Crippen LogP contribution in [0.3, 0.4) is 0 Å². The predicted octanol–water partition coefficient (Wildman–Crippen LogP) is 2.95. The van der Waals surface area contributed by atoms with Crippen molar-refractivity contribution in [2.75, 3.05) is 0 Å². The summed E-state index contributed by atoms with van der Waals surface area (Å²) in [5.74, 6) is 0.877. The minimum atomic E-state index is 0.757. The maximum absolute atomic E-state index is 3.54. The zero-order chi connectivity index (χ0) is 9.26. The average Bonchev–Trinajstić information content (AvgIpc) is 2.81. The molecule has 1 aliphatic carbocycles. The summed E-state index contributed by atoms with van der Waals surface area (Å²) in [7, 11) is 0. The van der Waals surface area contributed by atoms with Gasteiger partial charge < -0.3 is 5.32 Å². The highest BCUT2D eigenvalue weighted by Crippen LogP contribution is 2.29. The van der Waals surface area contributed by atoms with Crippen molar-refractivity contribution in [2.24, 2.45) is 5.92 Å². The SMILES string of the molecule is CC1CC1NCc1ccccc1Br. The van der Waals surface area contributed by atoms with Gasteiger partial charge in [0.2, 0.25) is 0 Å². The van der Waals surface area contributed by atoms with E-state index in [1.54, 1.807) is 0 Å². The number of hydrogen-bond acceptors (Lipinski definition) is 1. The minimum Gasteiger partial charge on any atom is -0.310 e. The molecule has 1 fully saturated rings. The van der Waals surface area contributed by atoms with Crippen LogP contribution in [0.1, 0.15) is 18.9 Å². The molecule has 1 saturated carbocycles. The smallest absolute Gasteiger partial charge is 0.0220 e. The largest absolute Gasteiger partial charge is 0.310 e. The Bertz CT molecular complexity index is 298. The fourth-order valence-electron chi connectivity index (χ4n) is 1.49. The Morgan fingerprint density at radius 2 is 2.15 bits per heavy atom. The molecule has 1 aromatic rings. The lowest BCUT2D eigenvalue weighted by molar-refractivity contribution is 0.651. The van der Waals surface area contributed by atoms with Crippen molar-refractivity contribution < 1.29 is 0 Å². The van der Waals surface area contributed by atoms with E-state index in [9.17, 15) is 0 Å². The van der Waals surface area contributed by atoms with Crippen LogP contribution in [0.4, 0.5) is 0 Å². The number of halogens is 1. The van der Waals surface area contributed by atoms with Gasteiger partial charge in [0.15, 0.2) is 0 Å². The molecule has 2 atom stereocenters. The van der Waals surface area contributed by atoms with Crippen molar-refractivity contribution in [3.8, 4) is 0 Å². The van der Waals surface area contributed by atoms with Gasteiger partial charge in [-0.05, 0) is 24.0 Å². The normalized spacial score (nSPS) is 26.0. The van der Waals surface area contributed by atoms with E-state index >= 15 is 0 Å². The van der Waals surface area contributed by atoms with Gasteiger partial charge in [0, 0.05) is 17.1 Å². The molecule has 0 aliphatic heterocycles. The lowest BCUT2D eigenvalue weighted by atomic mass is 10.2. The fourth-order valence-corrected chi connectivity index (χ4v) is 1.91. The van der Waals surface area contributed by atoms with E-state index in [4.69, 9.17) is 0 Å². The van der Waals surface area contributed by atoms with E-state index in [1.165, 1.54) is 16.5 Å². The third-order valence-corrected chi connectivity index (χ3v) is 3.40. The average molecular weight is 240 g/mol. The van der Waals surface area contributed by atoms with Gasteiger partial charge in [-0.15, -0.1) is 0 Å². The second-order valence-corrected chi connectivity index (χ2v) is 4.65. The van der Waals surface area contributed by atoms with E-state index in [0.717, 1.165) is 18.5 Å². The van der Waals surface area contributed by atoms with E-state index in [0.29, 0.717) is 0 Å². The van der Waals surface area contributed by atoms with Crippen LogP contribution in [0.2, 0.25) is 0 Å². The first-order chi connectivity index (χ1) is 6.27. The fraction of sp³-hybridized carbons (Fsp3) is 0.455. The Hall–Kier alpha value is -0.340. The minimum absolute atomic E-state index is 0.757. The van der Waals surface area contributed by atoms with Gasteiger partial charge >= 0.3 is 0 Å². The Kier molecular flexibility index (Phi) is 2.70. The number of hydrogen-bond donors (Lipinski definition) is 1. The molecule has 0 heterocycles. The van der Waals surface area contributed by atoms with E-state index in [2.05, 4.69) is 46.4 Å². The van der Waals surface area contributed by atoms with Crippen molar-refractivity contribution in [1.29, 1.82) is 0 Å². The third-order valence-electron chi connectivity index (χ3n) is 2.62. The molecule has 2 heteroatoms. The van der Waals surface area contributed by atoms with Crippen molar-refractivity contribution in [1.82, 2.24) is 5.32 Å². The summed E-state index contributed by atoms with van der Waals surface area (Å²) in [6, 6.07) is 9.13. The Labute approximate surface area is 87.7 Å². The van der Waals surface area contributed by atoms with Crippen LogP contribution in [0.25, 0.3) is 0 Å². The first kappa shape index (κ1) is 9.22. The molecule has 0 bridgehead atoms. The molecule has 2 rings (SSSR count). The Morgan fingerprint density at radius 3 is 2.77 bits per heavy atom. The quantitative estimate of drug-likeness (QED) is 0.856. The van der Waals surface area contributed by atoms with Crippen LogP contribution in [-0.2, 0) is 6.54 Å². The molecule has 13 heavy (non-hydrogen) atoms. The Morgan fingerprint density at radius 1 is 1.46 bits per heavy atom. The number of rotatable bonds is 3. The summed E-state index contributed by atoms with van der Waals surface area (Å²) >= 11 is 3.54. The molecule has 1 N–H and O–H groups in total. The van der Waals surface area contributed by atoms with Gasteiger partial charge in [-0.3, -0.25) is 0 Å². The lowest BCUT2D eigenvalue weighted by Crippen LogP contribution is -2.17. The van der Waals surface area contributed by atoms with Crippen LogP contribution in [0.15, 0.2) is 28.7 Å². The third kappa shape index (κ3) is 2.32. The molecular weight excluding hydrogens is 226 g/mol. The molecule has 1 aliphatic rings. The van der Waals surface area contributed by atoms with Crippen molar-refractivity contribution >= 4 is 15.9 Å². The van der Waals surface area contributed by atoms with Gasteiger partial charge in [-0.25, -0.2) is 0 Å². The van der Waals surface area contributed by atoms with E-state index < -0.39 is 0 Å². The van der Waals surface area contributed by atoms with Crippen LogP contribution in [0.5, 0.6) is 0 Å². The highest BCUT2D eigenvalue weighted by Gasteiger charge is 2.31. The van der Waals surface area contributed by atoms with E-state index in [-0.39, 0.29) is 0 Å². The summed E-state index contributed by atoms with van der Waals surface area (Å²) in [5, 5.41) is 3.53. The topological polar surface area (TPSA) is 12.0 Å². The zero-order valence-electron chi connectivity index (χ0n) is 7.76. The molecule has 2 unspecified atom stereocenters. The van der Waals surface area contributed by atoms with Crippen LogP contribution in [-0.4, -0.2) is 6.04 Å². The van der Waals surface area contributed by atoms with Crippen molar-refractivity contribution in [3.63, 3.8) is 0 Å². The van der Waals surface area contributed by atoms with Crippen LogP contribution in [0, 0.1) is 5.92 Å².